The van der Waals surface area contributed by atoms with Crippen LogP contribution in [0.15, 0.2) is 12.2 Å². The molecule has 0 heterocycles. The topological polar surface area (TPSA) is 26.3 Å². The first kappa shape index (κ1) is 9.75. The number of allylic oxidation sites excluding steroid dienone is 2. The second kappa shape index (κ2) is 3.11. The van der Waals surface area contributed by atoms with Gasteiger partial charge in [0.15, 0.2) is 0 Å². The highest BCUT2D eigenvalue weighted by Crippen LogP contribution is 2.48. The van der Waals surface area contributed by atoms with Crippen molar-refractivity contribution in [2.45, 2.75) is 39.2 Å². The summed E-state index contributed by atoms with van der Waals surface area (Å²) >= 11 is 0. The molecule has 2 aliphatic carbocycles. The summed E-state index contributed by atoms with van der Waals surface area (Å²) in [5.74, 6) is 1.72. The summed E-state index contributed by atoms with van der Waals surface area (Å²) in [5, 5.41) is 0. The van der Waals surface area contributed by atoms with Gasteiger partial charge in [-0.05, 0) is 38.5 Å². The van der Waals surface area contributed by atoms with Crippen molar-refractivity contribution < 1.29 is 9.53 Å². The van der Waals surface area contributed by atoms with Gasteiger partial charge in [-0.25, -0.2) is 0 Å². The molecule has 0 aromatic carbocycles. The van der Waals surface area contributed by atoms with Crippen molar-refractivity contribution in [1.82, 2.24) is 0 Å². The first-order valence-corrected chi connectivity index (χ1v) is 5.37. The predicted octanol–water partition coefficient (Wildman–Crippen LogP) is 2.54. The Labute approximate surface area is 85.3 Å². The van der Waals surface area contributed by atoms with E-state index in [-0.39, 0.29) is 11.6 Å². The summed E-state index contributed by atoms with van der Waals surface area (Å²) in [5.41, 5.74) is -0.296. The van der Waals surface area contributed by atoms with Crippen LogP contribution < -0.4 is 0 Å². The molecule has 0 spiro atoms. The molecule has 78 valence electrons. The summed E-state index contributed by atoms with van der Waals surface area (Å²) in [6.07, 6.45) is 7.05. The Bertz CT molecular complexity index is 278. The van der Waals surface area contributed by atoms with E-state index < -0.39 is 0 Å². The molecular formula is C12H18O2. The van der Waals surface area contributed by atoms with Crippen molar-refractivity contribution in [3.63, 3.8) is 0 Å². The third-order valence-corrected chi connectivity index (χ3v) is 3.58. The van der Waals surface area contributed by atoms with E-state index in [0.717, 1.165) is 5.92 Å². The van der Waals surface area contributed by atoms with Gasteiger partial charge in [-0.2, -0.15) is 0 Å². The summed E-state index contributed by atoms with van der Waals surface area (Å²) in [7, 11) is 0. The van der Waals surface area contributed by atoms with Crippen molar-refractivity contribution in [2.24, 2.45) is 17.8 Å². The Morgan fingerprint density at radius 3 is 2.50 bits per heavy atom. The molecule has 2 bridgehead atoms. The first-order chi connectivity index (χ1) is 6.49. The molecule has 0 aromatic rings. The summed E-state index contributed by atoms with van der Waals surface area (Å²) < 4.78 is 5.40. The molecule has 0 radical (unpaired) electrons. The van der Waals surface area contributed by atoms with Crippen LogP contribution in [0.1, 0.15) is 33.6 Å². The first-order valence-electron chi connectivity index (χ1n) is 5.37. The third-order valence-electron chi connectivity index (χ3n) is 3.58. The van der Waals surface area contributed by atoms with Crippen LogP contribution in [0.5, 0.6) is 0 Å². The smallest absolute Gasteiger partial charge is 0.303 e. The minimum absolute atomic E-state index is 0.165. The van der Waals surface area contributed by atoms with Gasteiger partial charge in [-0.15, -0.1) is 0 Å². The van der Waals surface area contributed by atoms with Crippen LogP contribution in [0.3, 0.4) is 0 Å². The molecule has 2 nitrogen and oxygen atoms in total. The van der Waals surface area contributed by atoms with Crippen LogP contribution in [0, 0.1) is 17.8 Å². The maximum Gasteiger partial charge on any atom is 0.303 e. The Morgan fingerprint density at radius 2 is 2.07 bits per heavy atom. The van der Waals surface area contributed by atoms with Crippen molar-refractivity contribution >= 4 is 5.97 Å². The molecule has 14 heavy (non-hydrogen) atoms. The van der Waals surface area contributed by atoms with Crippen LogP contribution >= 0.6 is 0 Å². The predicted molar refractivity (Wildman–Crippen MR) is 54.7 cm³/mol. The zero-order chi connectivity index (χ0) is 10.3. The molecule has 2 aliphatic rings. The Balaban J connectivity index is 2.08. The van der Waals surface area contributed by atoms with Crippen LogP contribution in [0.4, 0.5) is 0 Å². The number of hydrogen-bond donors (Lipinski definition) is 0. The molecule has 0 aliphatic heterocycles. The fourth-order valence-electron chi connectivity index (χ4n) is 3.03. The van der Waals surface area contributed by atoms with Crippen molar-refractivity contribution in [1.29, 1.82) is 0 Å². The zero-order valence-corrected chi connectivity index (χ0v) is 9.12. The van der Waals surface area contributed by atoms with Gasteiger partial charge >= 0.3 is 5.97 Å². The number of rotatable bonds is 2. The van der Waals surface area contributed by atoms with Crippen molar-refractivity contribution in [3.05, 3.63) is 12.2 Å². The molecule has 0 N–H and O–H groups in total. The molecule has 1 saturated carbocycles. The minimum Gasteiger partial charge on any atom is -0.460 e. The lowest BCUT2D eigenvalue weighted by atomic mass is 9.80. The van der Waals surface area contributed by atoms with Gasteiger partial charge < -0.3 is 4.74 Å². The fraction of sp³-hybridized carbons (Fsp3) is 0.750. The van der Waals surface area contributed by atoms with E-state index in [1.165, 1.54) is 19.8 Å². The lowest BCUT2D eigenvalue weighted by Gasteiger charge is -2.34. The highest BCUT2D eigenvalue weighted by atomic mass is 16.6. The SMILES string of the molecule is CC(=O)OC(C)(C)C1CC2C=CC1C2. The lowest BCUT2D eigenvalue weighted by molar-refractivity contribution is -0.159. The molecule has 2 heteroatoms. The number of hydrogen-bond acceptors (Lipinski definition) is 2. The zero-order valence-electron chi connectivity index (χ0n) is 9.12. The standard InChI is InChI=1S/C12H18O2/c1-8(13)14-12(2,3)11-7-9-4-5-10(11)6-9/h4-5,9-11H,6-7H2,1-3H3. The molecule has 2 rings (SSSR count). The maximum atomic E-state index is 11.0. The summed E-state index contributed by atoms with van der Waals surface area (Å²) in [6, 6.07) is 0. The third kappa shape index (κ3) is 1.58. The van der Waals surface area contributed by atoms with Gasteiger partial charge in [0, 0.05) is 12.8 Å². The van der Waals surface area contributed by atoms with E-state index in [1.807, 2.05) is 13.8 Å². The second-order valence-electron chi connectivity index (χ2n) is 5.08. The molecule has 0 aromatic heterocycles. The Morgan fingerprint density at radius 1 is 1.36 bits per heavy atom. The van der Waals surface area contributed by atoms with Crippen LogP contribution in [-0.4, -0.2) is 11.6 Å². The molecule has 3 atom stereocenters. The molecular weight excluding hydrogens is 176 g/mol. The largest absolute Gasteiger partial charge is 0.460 e. The van der Waals surface area contributed by atoms with Crippen molar-refractivity contribution in [3.8, 4) is 0 Å². The van der Waals surface area contributed by atoms with Gasteiger partial charge in [0.1, 0.15) is 5.60 Å². The van der Waals surface area contributed by atoms with Gasteiger partial charge in [0.2, 0.25) is 0 Å². The number of carbonyl (C=O) groups is 1. The van der Waals surface area contributed by atoms with Crippen LogP contribution in [0.2, 0.25) is 0 Å². The van der Waals surface area contributed by atoms with E-state index >= 15 is 0 Å². The van der Waals surface area contributed by atoms with E-state index in [1.54, 1.807) is 0 Å². The average molecular weight is 194 g/mol. The lowest BCUT2D eigenvalue weighted by Crippen LogP contribution is -2.38. The molecule has 3 unspecified atom stereocenters. The molecule has 1 fully saturated rings. The minimum atomic E-state index is -0.296. The highest BCUT2D eigenvalue weighted by Gasteiger charge is 2.45. The van der Waals surface area contributed by atoms with Crippen molar-refractivity contribution in [2.75, 3.05) is 0 Å². The average Bonchev–Trinajstić information content (AvgIpc) is 2.60. The molecule has 0 amide bonds. The van der Waals surface area contributed by atoms with Crippen LogP contribution in [0.25, 0.3) is 0 Å². The van der Waals surface area contributed by atoms with Gasteiger partial charge in [-0.3, -0.25) is 4.79 Å². The number of carbonyl (C=O) groups excluding carboxylic acids is 1. The Hall–Kier alpha value is -0.790. The second-order valence-corrected chi connectivity index (χ2v) is 5.08. The van der Waals surface area contributed by atoms with E-state index in [4.69, 9.17) is 4.74 Å². The van der Waals surface area contributed by atoms with E-state index in [9.17, 15) is 4.79 Å². The Kier molecular flexibility index (Phi) is 2.17. The number of ether oxygens (including phenoxy) is 1. The van der Waals surface area contributed by atoms with Gasteiger partial charge in [0.05, 0.1) is 0 Å². The van der Waals surface area contributed by atoms with Gasteiger partial charge in [-0.1, -0.05) is 12.2 Å². The normalized spacial score (nSPS) is 34.9. The van der Waals surface area contributed by atoms with Crippen LogP contribution in [-0.2, 0) is 9.53 Å². The summed E-state index contributed by atoms with van der Waals surface area (Å²) in [6.45, 7) is 5.56. The van der Waals surface area contributed by atoms with Gasteiger partial charge in [0.25, 0.3) is 0 Å². The number of esters is 1. The number of fused-ring (bicyclic) bond motifs is 2. The fourth-order valence-corrected chi connectivity index (χ4v) is 3.03. The van der Waals surface area contributed by atoms with E-state index in [2.05, 4.69) is 12.2 Å². The van der Waals surface area contributed by atoms with E-state index in [0.29, 0.717) is 11.8 Å². The molecule has 0 saturated heterocycles. The highest BCUT2D eigenvalue weighted by molar-refractivity contribution is 5.66. The maximum absolute atomic E-state index is 11.0. The quantitative estimate of drug-likeness (QED) is 0.499. The monoisotopic (exact) mass is 194 g/mol. The summed E-state index contributed by atoms with van der Waals surface area (Å²) in [4.78, 5) is 11.0.